The lowest BCUT2D eigenvalue weighted by Gasteiger charge is -2.17. The molecular weight excluding hydrogens is 454 g/mol. The average molecular weight is 474 g/mol. The molecule has 2 amide bonds. The Morgan fingerprint density at radius 2 is 1.91 bits per heavy atom. The highest BCUT2D eigenvalue weighted by Crippen LogP contribution is 2.35. The topological polar surface area (TPSA) is 116 Å². The van der Waals surface area contributed by atoms with E-state index in [2.05, 4.69) is 30.8 Å². The molecule has 0 aliphatic rings. The first kappa shape index (κ1) is 21.9. The quantitative estimate of drug-likeness (QED) is 0.420. The van der Waals surface area contributed by atoms with E-state index < -0.39 is 6.03 Å². The van der Waals surface area contributed by atoms with E-state index in [1.165, 1.54) is 35.6 Å². The molecule has 0 saturated heterocycles. The van der Waals surface area contributed by atoms with E-state index in [4.69, 9.17) is 21.1 Å². The number of aromatic nitrogens is 5. The van der Waals surface area contributed by atoms with Crippen LogP contribution in [-0.2, 0) is 4.74 Å². The van der Waals surface area contributed by atoms with Crippen LogP contribution in [0.25, 0.3) is 16.0 Å². The number of aryl methyl sites for hydroxylation is 1. The van der Waals surface area contributed by atoms with Crippen LogP contribution < -0.4 is 15.4 Å². The third-order valence-corrected chi connectivity index (χ3v) is 5.91. The highest BCUT2D eigenvalue weighted by molar-refractivity contribution is 7.18. The average Bonchev–Trinajstić information content (AvgIpc) is 3.42. The molecule has 0 bridgehead atoms. The number of fused-ring (bicyclic) bond motifs is 1. The summed E-state index contributed by atoms with van der Waals surface area (Å²) < 4.78 is 10.9. The fraction of sp³-hybridized carbons (Fsp3) is 0.250. The number of anilines is 2. The minimum absolute atomic E-state index is 0.304. The molecule has 0 aliphatic carbocycles. The molecule has 0 aliphatic heterocycles. The van der Waals surface area contributed by atoms with Gasteiger partial charge in [-0.1, -0.05) is 22.9 Å². The summed E-state index contributed by atoms with van der Waals surface area (Å²) in [7, 11) is 3.09. The summed E-state index contributed by atoms with van der Waals surface area (Å²) in [5, 5.41) is 15.0. The Hall–Kier alpha value is -3.28. The molecule has 4 rings (SSSR count). The molecule has 0 saturated carbocycles. The lowest BCUT2D eigenvalue weighted by Crippen LogP contribution is -2.21. The van der Waals surface area contributed by atoms with E-state index in [1.807, 2.05) is 13.8 Å². The van der Waals surface area contributed by atoms with E-state index >= 15 is 0 Å². The second-order valence-corrected chi connectivity index (χ2v) is 8.34. The Kier molecular flexibility index (Phi) is 6.21. The van der Waals surface area contributed by atoms with Gasteiger partial charge in [0.25, 0.3) is 0 Å². The van der Waals surface area contributed by atoms with Crippen molar-refractivity contribution in [3.8, 4) is 11.4 Å². The summed E-state index contributed by atoms with van der Waals surface area (Å²) in [6.45, 7) is 3.79. The minimum atomic E-state index is -0.498. The molecule has 4 aromatic rings. The van der Waals surface area contributed by atoms with Crippen molar-refractivity contribution >= 4 is 50.7 Å². The van der Waals surface area contributed by atoms with Crippen molar-refractivity contribution < 1.29 is 14.3 Å². The van der Waals surface area contributed by atoms with Crippen LogP contribution >= 0.6 is 22.9 Å². The van der Waals surface area contributed by atoms with Crippen LogP contribution in [-0.4, -0.2) is 45.2 Å². The fourth-order valence-electron chi connectivity index (χ4n) is 3.21. The Morgan fingerprint density at radius 3 is 2.59 bits per heavy atom. The zero-order chi connectivity index (χ0) is 22.8. The van der Waals surface area contributed by atoms with Gasteiger partial charge >= 0.3 is 6.03 Å². The number of ether oxygens (including phenoxy) is 2. The van der Waals surface area contributed by atoms with Crippen molar-refractivity contribution in [1.29, 1.82) is 0 Å². The van der Waals surface area contributed by atoms with E-state index in [0.717, 1.165) is 15.4 Å². The van der Waals surface area contributed by atoms with Crippen LogP contribution in [0.4, 0.5) is 16.2 Å². The summed E-state index contributed by atoms with van der Waals surface area (Å²) in [5.74, 6) is 0.394. The van der Waals surface area contributed by atoms with Crippen molar-refractivity contribution in [2.75, 3.05) is 24.9 Å². The molecule has 0 fully saturated rings. The second kappa shape index (κ2) is 9.07. The Labute approximate surface area is 192 Å². The van der Waals surface area contributed by atoms with Gasteiger partial charge in [0.1, 0.15) is 21.8 Å². The molecule has 0 spiro atoms. The van der Waals surface area contributed by atoms with Crippen molar-refractivity contribution in [2.45, 2.75) is 20.0 Å². The van der Waals surface area contributed by atoms with Gasteiger partial charge in [-0.05, 0) is 19.9 Å². The van der Waals surface area contributed by atoms with E-state index in [0.29, 0.717) is 33.4 Å². The number of amides is 2. The maximum Gasteiger partial charge on any atom is 0.323 e. The molecular formula is C20H20ClN7O3S. The second-order valence-electron chi connectivity index (χ2n) is 6.75. The number of pyridine rings is 1. The molecule has 166 valence electrons. The van der Waals surface area contributed by atoms with Gasteiger partial charge < -0.3 is 20.1 Å². The monoisotopic (exact) mass is 473 g/mol. The first-order valence-electron chi connectivity index (χ1n) is 9.52. The molecule has 3 aromatic heterocycles. The predicted molar refractivity (Wildman–Crippen MR) is 123 cm³/mol. The first-order chi connectivity index (χ1) is 15.4. The number of methoxy groups -OCH3 is 2. The molecule has 32 heavy (non-hydrogen) atoms. The largest absolute Gasteiger partial charge is 0.494 e. The van der Waals surface area contributed by atoms with Crippen LogP contribution in [0.2, 0.25) is 5.02 Å². The Morgan fingerprint density at radius 1 is 1.19 bits per heavy atom. The van der Waals surface area contributed by atoms with Crippen molar-refractivity contribution in [2.24, 2.45) is 0 Å². The smallest absolute Gasteiger partial charge is 0.323 e. The van der Waals surface area contributed by atoms with Crippen LogP contribution in [0.15, 0.2) is 30.7 Å². The number of urea groups is 1. The lowest BCUT2D eigenvalue weighted by molar-refractivity contribution is 0.121. The molecule has 0 radical (unpaired) electrons. The summed E-state index contributed by atoms with van der Waals surface area (Å²) in [4.78, 5) is 24.0. The summed E-state index contributed by atoms with van der Waals surface area (Å²) in [5.41, 5.74) is 2.85. The molecule has 10 nitrogen and oxygen atoms in total. The zero-order valence-electron chi connectivity index (χ0n) is 17.7. The maximum atomic E-state index is 12.8. The van der Waals surface area contributed by atoms with Crippen LogP contribution in [0, 0.1) is 6.92 Å². The molecule has 1 unspecified atom stereocenters. The number of rotatable bonds is 6. The van der Waals surface area contributed by atoms with Crippen LogP contribution in [0.1, 0.15) is 23.6 Å². The lowest BCUT2D eigenvalue weighted by atomic mass is 10.1. The van der Waals surface area contributed by atoms with E-state index in [1.54, 1.807) is 25.4 Å². The number of nitrogens with zero attached hydrogens (tertiary/aromatic N) is 5. The summed E-state index contributed by atoms with van der Waals surface area (Å²) in [6, 6.07) is 2.71. The summed E-state index contributed by atoms with van der Waals surface area (Å²) in [6.07, 6.45) is 4.37. The zero-order valence-corrected chi connectivity index (χ0v) is 19.3. The number of halogens is 1. The van der Waals surface area contributed by atoms with Gasteiger partial charge in [-0.25, -0.2) is 14.8 Å². The number of thiazole rings is 1. The van der Waals surface area contributed by atoms with Crippen molar-refractivity contribution in [3.05, 3.63) is 46.3 Å². The summed E-state index contributed by atoms with van der Waals surface area (Å²) >= 11 is 7.87. The number of benzene rings is 1. The SMILES string of the molecule is COc1cc(-n2nccn2)c(Cl)cc1NC(=O)Nc1cnc2sc(C)nc2c1C(C)OC. The molecule has 2 N–H and O–H groups in total. The van der Waals surface area contributed by atoms with Gasteiger partial charge in [0.2, 0.25) is 0 Å². The number of hydrogen-bond donors (Lipinski definition) is 2. The number of nitrogens with one attached hydrogen (secondary N) is 2. The van der Waals surface area contributed by atoms with Gasteiger partial charge in [0.05, 0.1) is 53.2 Å². The number of carbonyl (C=O) groups is 1. The van der Waals surface area contributed by atoms with E-state index in [-0.39, 0.29) is 6.10 Å². The minimum Gasteiger partial charge on any atom is -0.494 e. The van der Waals surface area contributed by atoms with Gasteiger partial charge in [0, 0.05) is 18.7 Å². The molecule has 1 atom stereocenters. The normalized spacial score (nSPS) is 12.0. The standard InChI is InChI=1S/C20H20ClN7O3S/c1-10(30-3)17-14(9-22-19-18(17)25-11(2)32-19)27-20(29)26-13-7-12(21)15(8-16(13)31-4)28-23-5-6-24-28/h5-10H,1-4H3,(H2,26,27,29). The van der Waals surface area contributed by atoms with Gasteiger partial charge in [-0.3, -0.25) is 0 Å². The molecule has 12 heteroatoms. The fourth-order valence-corrected chi connectivity index (χ4v) is 4.22. The third kappa shape index (κ3) is 4.22. The molecule has 3 heterocycles. The Balaban J connectivity index is 1.63. The van der Waals surface area contributed by atoms with Gasteiger partial charge in [-0.2, -0.15) is 10.2 Å². The van der Waals surface area contributed by atoms with Crippen LogP contribution in [0.3, 0.4) is 0 Å². The number of carbonyl (C=O) groups excluding carboxylic acids is 1. The third-order valence-electron chi connectivity index (χ3n) is 4.73. The Bertz CT molecular complexity index is 1280. The first-order valence-corrected chi connectivity index (χ1v) is 10.7. The molecule has 1 aromatic carbocycles. The van der Waals surface area contributed by atoms with Crippen molar-refractivity contribution in [3.63, 3.8) is 0 Å². The highest BCUT2D eigenvalue weighted by Gasteiger charge is 2.20. The number of hydrogen-bond acceptors (Lipinski definition) is 8. The van der Waals surface area contributed by atoms with Gasteiger partial charge in [0.15, 0.2) is 0 Å². The maximum absolute atomic E-state index is 12.8. The predicted octanol–water partition coefficient (Wildman–Crippen LogP) is 4.59. The van der Waals surface area contributed by atoms with E-state index in [9.17, 15) is 4.79 Å². The van der Waals surface area contributed by atoms with Crippen LogP contribution in [0.5, 0.6) is 5.75 Å². The van der Waals surface area contributed by atoms with Crippen molar-refractivity contribution in [1.82, 2.24) is 25.0 Å². The van der Waals surface area contributed by atoms with Gasteiger partial charge in [-0.15, -0.1) is 4.80 Å². The highest BCUT2D eigenvalue weighted by atomic mass is 35.5.